The molecule has 0 aliphatic heterocycles. The Morgan fingerprint density at radius 2 is 1.67 bits per heavy atom. The zero-order valence-electron chi connectivity index (χ0n) is 14.7. The molecule has 3 aromatic carbocycles. The Balaban J connectivity index is 1.72. The van der Waals surface area contributed by atoms with Crippen LogP contribution in [-0.2, 0) is 0 Å². The summed E-state index contributed by atoms with van der Waals surface area (Å²) in [5.41, 5.74) is 2.69. The van der Waals surface area contributed by atoms with Gasteiger partial charge in [-0.15, -0.1) is 0 Å². The fourth-order valence-corrected chi connectivity index (χ4v) is 2.65. The quantitative estimate of drug-likeness (QED) is 0.246. The topological polar surface area (TPSA) is 43.4 Å². The molecular weight excluding hydrogens is 360 g/mol. The zero-order chi connectivity index (χ0) is 19.2. The Morgan fingerprint density at radius 3 is 2.41 bits per heavy atom. The van der Waals surface area contributed by atoms with Gasteiger partial charge in [-0.1, -0.05) is 48.0 Å². The summed E-state index contributed by atoms with van der Waals surface area (Å²) >= 11 is 5.83. The molecule has 0 amide bonds. The Hall–Kier alpha value is -3.17. The van der Waals surface area contributed by atoms with Gasteiger partial charge in [0.1, 0.15) is 5.75 Å². The van der Waals surface area contributed by atoms with Crippen LogP contribution in [0.15, 0.2) is 78.9 Å². The van der Waals surface area contributed by atoms with Gasteiger partial charge in [0.05, 0.1) is 5.56 Å². The molecule has 0 N–H and O–H groups in total. The minimum atomic E-state index is -0.411. The van der Waals surface area contributed by atoms with Gasteiger partial charge in [0.15, 0.2) is 5.78 Å². The molecule has 27 heavy (non-hydrogen) atoms. The summed E-state index contributed by atoms with van der Waals surface area (Å²) in [5, 5.41) is 0.582. The number of carbonyl (C=O) groups excluding carboxylic acids is 2. The van der Waals surface area contributed by atoms with Crippen LogP contribution in [0.25, 0.3) is 6.08 Å². The smallest absolute Gasteiger partial charge is 0.343 e. The van der Waals surface area contributed by atoms with E-state index in [4.69, 9.17) is 16.3 Å². The van der Waals surface area contributed by atoms with Crippen molar-refractivity contribution in [2.75, 3.05) is 0 Å². The number of rotatable bonds is 5. The van der Waals surface area contributed by atoms with Gasteiger partial charge >= 0.3 is 5.97 Å². The monoisotopic (exact) mass is 376 g/mol. The van der Waals surface area contributed by atoms with Crippen LogP contribution in [0.3, 0.4) is 0 Å². The first-order valence-corrected chi connectivity index (χ1v) is 8.76. The second-order valence-electron chi connectivity index (χ2n) is 5.98. The molecule has 0 spiro atoms. The lowest BCUT2D eigenvalue weighted by molar-refractivity contribution is 0.0733. The molecule has 0 bridgehead atoms. The van der Waals surface area contributed by atoms with E-state index in [-0.39, 0.29) is 5.78 Å². The number of benzene rings is 3. The first-order valence-electron chi connectivity index (χ1n) is 8.39. The predicted octanol–water partition coefficient (Wildman–Crippen LogP) is 5.76. The van der Waals surface area contributed by atoms with Gasteiger partial charge in [-0.2, -0.15) is 0 Å². The number of ketones is 1. The van der Waals surface area contributed by atoms with E-state index in [9.17, 15) is 9.59 Å². The number of ether oxygens (including phenoxy) is 1. The molecule has 0 saturated heterocycles. The van der Waals surface area contributed by atoms with Crippen molar-refractivity contribution < 1.29 is 14.3 Å². The maximum atomic E-state index is 12.3. The van der Waals surface area contributed by atoms with Gasteiger partial charge in [0.2, 0.25) is 0 Å². The fourth-order valence-electron chi connectivity index (χ4n) is 2.53. The van der Waals surface area contributed by atoms with Gasteiger partial charge < -0.3 is 4.74 Å². The van der Waals surface area contributed by atoms with Gasteiger partial charge in [-0.05, 0) is 66.6 Å². The van der Waals surface area contributed by atoms with E-state index in [2.05, 4.69) is 0 Å². The lowest BCUT2D eigenvalue weighted by Crippen LogP contribution is -2.10. The van der Waals surface area contributed by atoms with Crippen LogP contribution >= 0.6 is 11.6 Å². The van der Waals surface area contributed by atoms with E-state index in [0.717, 1.165) is 11.1 Å². The van der Waals surface area contributed by atoms with Crippen molar-refractivity contribution in [2.45, 2.75) is 6.92 Å². The Labute approximate surface area is 162 Å². The van der Waals surface area contributed by atoms with Gasteiger partial charge in [0, 0.05) is 10.6 Å². The molecule has 3 aromatic rings. The Kier molecular flexibility index (Phi) is 5.84. The largest absolute Gasteiger partial charge is 0.423 e. The number of aryl methyl sites for hydroxylation is 1. The molecule has 0 fully saturated rings. The van der Waals surface area contributed by atoms with Gasteiger partial charge in [-0.25, -0.2) is 4.79 Å². The number of allylic oxidation sites excluding steroid dienone is 1. The van der Waals surface area contributed by atoms with E-state index in [1.807, 2.05) is 25.1 Å². The van der Waals surface area contributed by atoms with Crippen molar-refractivity contribution in [3.63, 3.8) is 0 Å². The summed E-state index contributed by atoms with van der Waals surface area (Å²) in [7, 11) is 0. The van der Waals surface area contributed by atoms with Crippen molar-refractivity contribution in [1.29, 1.82) is 0 Å². The second-order valence-corrected chi connectivity index (χ2v) is 6.42. The van der Waals surface area contributed by atoms with E-state index >= 15 is 0 Å². The average molecular weight is 377 g/mol. The molecule has 0 heterocycles. The molecule has 134 valence electrons. The number of hydrogen-bond acceptors (Lipinski definition) is 3. The van der Waals surface area contributed by atoms with Crippen LogP contribution in [0, 0.1) is 6.92 Å². The number of halogens is 1. The van der Waals surface area contributed by atoms with Crippen LogP contribution in [0.5, 0.6) is 5.75 Å². The maximum Gasteiger partial charge on any atom is 0.343 e. The SMILES string of the molecule is Cc1ccccc1C(=O)Oc1cccc(/C=C/C(=O)c2ccc(Cl)cc2)c1. The molecule has 0 radical (unpaired) electrons. The average Bonchev–Trinajstić information content (AvgIpc) is 2.67. The van der Waals surface area contributed by atoms with Crippen molar-refractivity contribution >= 4 is 29.4 Å². The first kappa shape index (κ1) is 18.6. The van der Waals surface area contributed by atoms with Crippen LogP contribution < -0.4 is 4.74 Å². The molecule has 0 atom stereocenters. The summed E-state index contributed by atoms with van der Waals surface area (Å²) < 4.78 is 5.45. The molecule has 0 unspecified atom stereocenters. The summed E-state index contributed by atoms with van der Waals surface area (Å²) in [6, 6.07) is 21.0. The molecule has 0 saturated carbocycles. The van der Waals surface area contributed by atoms with E-state index in [0.29, 0.717) is 21.9 Å². The third-order valence-corrected chi connectivity index (χ3v) is 4.24. The summed E-state index contributed by atoms with van der Waals surface area (Å²) in [6.45, 7) is 1.86. The summed E-state index contributed by atoms with van der Waals surface area (Å²) in [6.07, 6.45) is 3.16. The number of hydrogen-bond donors (Lipinski definition) is 0. The number of carbonyl (C=O) groups is 2. The predicted molar refractivity (Wildman–Crippen MR) is 107 cm³/mol. The van der Waals surface area contributed by atoms with E-state index < -0.39 is 5.97 Å². The van der Waals surface area contributed by atoms with E-state index in [1.54, 1.807) is 60.7 Å². The highest BCUT2D eigenvalue weighted by Gasteiger charge is 2.11. The van der Waals surface area contributed by atoms with Crippen LogP contribution in [0.1, 0.15) is 31.8 Å². The van der Waals surface area contributed by atoms with Crippen molar-refractivity contribution in [2.24, 2.45) is 0 Å². The first-order chi connectivity index (χ1) is 13.0. The van der Waals surface area contributed by atoms with Crippen LogP contribution in [0.4, 0.5) is 0 Å². The molecular formula is C23H17ClO3. The molecule has 0 aliphatic rings. The lowest BCUT2D eigenvalue weighted by Gasteiger charge is -2.07. The minimum absolute atomic E-state index is 0.131. The molecule has 4 heteroatoms. The molecule has 3 rings (SSSR count). The normalized spacial score (nSPS) is 10.7. The van der Waals surface area contributed by atoms with Crippen molar-refractivity contribution in [1.82, 2.24) is 0 Å². The second kappa shape index (κ2) is 8.47. The highest BCUT2D eigenvalue weighted by Crippen LogP contribution is 2.18. The van der Waals surface area contributed by atoms with Gasteiger partial charge in [-0.3, -0.25) is 4.79 Å². The molecule has 0 aromatic heterocycles. The molecule has 0 aliphatic carbocycles. The standard InChI is InChI=1S/C23H17ClO3/c1-16-5-2-3-8-21(16)23(26)27-20-7-4-6-17(15-20)9-14-22(25)18-10-12-19(24)13-11-18/h2-15H,1H3/b14-9+. The minimum Gasteiger partial charge on any atom is -0.423 e. The van der Waals surface area contributed by atoms with Crippen LogP contribution in [-0.4, -0.2) is 11.8 Å². The Bertz CT molecular complexity index is 1000. The fraction of sp³-hybridized carbons (Fsp3) is 0.0435. The third-order valence-electron chi connectivity index (χ3n) is 3.99. The van der Waals surface area contributed by atoms with E-state index in [1.165, 1.54) is 6.08 Å². The highest BCUT2D eigenvalue weighted by molar-refractivity contribution is 6.30. The third kappa shape index (κ3) is 4.93. The summed E-state index contributed by atoms with van der Waals surface area (Å²) in [5.74, 6) is -0.121. The van der Waals surface area contributed by atoms with Crippen molar-refractivity contribution in [3.8, 4) is 5.75 Å². The molecule has 3 nitrogen and oxygen atoms in total. The van der Waals surface area contributed by atoms with Crippen LogP contribution in [0.2, 0.25) is 5.02 Å². The lowest BCUT2D eigenvalue weighted by atomic mass is 10.1. The summed E-state index contributed by atoms with van der Waals surface area (Å²) in [4.78, 5) is 24.5. The zero-order valence-corrected chi connectivity index (χ0v) is 15.4. The van der Waals surface area contributed by atoms with Crippen molar-refractivity contribution in [3.05, 3.63) is 106 Å². The maximum absolute atomic E-state index is 12.3. The van der Waals surface area contributed by atoms with Gasteiger partial charge in [0.25, 0.3) is 0 Å². The number of esters is 1. The Morgan fingerprint density at radius 1 is 0.926 bits per heavy atom. The highest BCUT2D eigenvalue weighted by atomic mass is 35.5.